The molecule has 2 rings (SSSR count). The maximum absolute atomic E-state index is 12.3. The zero-order valence-corrected chi connectivity index (χ0v) is 12.2. The van der Waals surface area contributed by atoms with E-state index in [1.54, 1.807) is 19.1 Å². The summed E-state index contributed by atoms with van der Waals surface area (Å²) < 4.78 is 27.1. The lowest BCUT2D eigenvalue weighted by Crippen LogP contribution is -2.25. The first-order chi connectivity index (χ1) is 9.53. The van der Waals surface area contributed by atoms with Gasteiger partial charge in [0.25, 0.3) is 0 Å². The molecular weight excluding hydrogens is 278 g/mol. The number of benzene rings is 1. The number of nitrogens with zero attached hydrogens (tertiary/aromatic N) is 2. The quantitative estimate of drug-likeness (QED) is 0.712. The normalized spacial score (nSPS) is 11.7. The summed E-state index contributed by atoms with van der Waals surface area (Å²) in [6, 6.07) is 5.38. The van der Waals surface area contributed by atoms with Crippen molar-refractivity contribution in [2.75, 3.05) is 7.05 Å². The Balaban J connectivity index is 2.21. The molecule has 0 unspecified atom stereocenters. The largest absolute Gasteiger partial charge is 0.316 e. The van der Waals surface area contributed by atoms with E-state index in [2.05, 4.69) is 25.2 Å². The van der Waals surface area contributed by atoms with Gasteiger partial charge < -0.3 is 5.32 Å². The van der Waals surface area contributed by atoms with Gasteiger partial charge in [-0.3, -0.25) is 5.10 Å². The summed E-state index contributed by atoms with van der Waals surface area (Å²) >= 11 is 0. The lowest BCUT2D eigenvalue weighted by atomic mass is 10.1. The van der Waals surface area contributed by atoms with E-state index in [-0.39, 0.29) is 11.4 Å². The second kappa shape index (κ2) is 6.12. The van der Waals surface area contributed by atoms with Crippen molar-refractivity contribution in [3.05, 3.63) is 41.5 Å². The van der Waals surface area contributed by atoms with Crippen molar-refractivity contribution in [1.29, 1.82) is 0 Å². The molecule has 8 heteroatoms. The van der Waals surface area contributed by atoms with Crippen molar-refractivity contribution in [1.82, 2.24) is 25.2 Å². The molecule has 2 aromatic rings. The van der Waals surface area contributed by atoms with Crippen LogP contribution in [-0.2, 0) is 23.1 Å². The van der Waals surface area contributed by atoms with Gasteiger partial charge in [-0.25, -0.2) is 18.1 Å². The van der Waals surface area contributed by atoms with Crippen LogP contribution in [0, 0.1) is 6.92 Å². The zero-order chi connectivity index (χ0) is 14.6. The lowest BCUT2D eigenvalue weighted by Gasteiger charge is -2.10. The van der Waals surface area contributed by atoms with Gasteiger partial charge >= 0.3 is 0 Å². The molecule has 108 valence electrons. The Kier molecular flexibility index (Phi) is 4.48. The van der Waals surface area contributed by atoms with Gasteiger partial charge in [0.2, 0.25) is 10.0 Å². The third-order valence-corrected chi connectivity index (χ3v) is 4.36. The molecule has 20 heavy (non-hydrogen) atoms. The van der Waals surface area contributed by atoms with E-state index in [9.17, 15) is 8.42 Å². The van der Waals surface area contributed by atoms with Crippen molar-refractivity contribution in [3.8, 4) is 0 Å². The Morgan fingerprint density at radius 2 is 2.10 bits per heavy atom. The topological polar surface area (TPSA) is 99.8 Å². The maximum atomic E-state index is 12.3. The van der Waals surface area contributed by atoms with E-state index < -0.39 is 10.0 Å². The van der Waals surface area contributed by atoms with Crippen molar-refractivity contribution < 1.29 is 8.42 Å². The van der Waals surface area contributed by atoms with Crippen LogP contribution in [0.25, 0.3) is 0 Å². The van der Waals surface area contributed by atoms with Gasteiger partial charge in [0.1, 0.15) is 12.2 Å². The smallest absolute Gasteiger partial charge is 0.241 e. The molecule has 0 fully saturated rings. The Morgan fingerprint density at radius 1 is 1.30 bits per heavy atom. The highest BCUT2D eigenvalue weighted by Crippen LogP contribution is 2.17. The van der Waals surface area contributed by atoms with Gasteiger partial charge in [0.15, 0.2) is 0 Å². The van der Waals surface area contributed by atoms with Crippen LogP contribution in [0.1, 0.15) is 17.0 Å². The van der Waals surface area contributed by atoms with Crippen LogP contribution in [0.4, 0.5) is 0 Å². The van der Waals surface area contributed by atoms with Crippen LogP contribution in [0.15, 0.2) is 29.4 Å². The van der Waals surface area contributed by atoms with E-state index in [0.717, 1.165) is 5.56 Å². The molecule has 0 bridgehead atoms. The van der Waals surface area contributed by atoms with Gasteiger partial charge in [0, 0.05) is 6.54 Å². The summed E-state index contributed by atoms with van der Waals surface area (Å²) in [5, 5.41) is 9.28. The first-order valence-corrected chi connectivity index (χ1v) is 7.59. The van der Waals surface area contributed by atoms with Crippen LogP contribution >= 0.6 is 0 Å². The molecule has 0 atom stereocenters. The zero-order valence-electron chi connectivity index (χ0n) is 11.3. The predicted octanol–water partition coefficient (Wildman–Crippen LogP) is 0.311. The van der Waals surface area contributed by atoms with Crippen molar-refractivity contribution >= 4 is 10.0 Å². The lowest BCUT2D eigenvalue weighted by molar-refractivity contribution is 0.578. The second-order valence-corrected chi connectivity index (χ2v) is 6.12. The number of aryl methyl sites for hydroxylation is 1. The number of hydrogen-bond acceptors (Lipinski definition) is 5. The van der Waals surface area contributed by atoms with E-state index in [1.165, 1.54) is 6.33 Å². The predicted molar refractivity (Wildman–Crippen MR) is 74.4 cm³/mol. The summed E-state index contributed by atoms with van der Waals surface area (Å²) in [6.45, 7) is 2.47. The van der Waals surface area contributed by atoms with Crippen LogP contribution in [0.3, 0.4) is 0 Å². The van der Waals surface area contributed by atoms with E-state index in [0.29, 0.717) is 17.9 Å². The average molecular weight is 295 g/mol. The molecule has 3 N–H and O–H groups in total. The molecule has 0 radical (unpaired) electrons. The van der Waals surface area contributed by atoms with Crippen molar-refractivity contribution in [2.45, 2.75) is 24.9 Å². The highest BCUT2D eigenvalue weighted by Gasteiger charge is 2.17. The molecule has 1 aromatic carbocycles. The van der Waals surface area contributed by atoms with Gasteiger partial charge in [0.05, 0.1) is 11.4 Å². The fourth-order valence-electron chi connectivity index (χ4n) is 1.81. The molecular formula is C12H17N5O2S. The van der Waals surface area contributed by atoms with Crippen LogP contribution in [0.2, 0.25) is 0 Å². The number of sulfonamides is 1. The number of aromatic nitrogens is 3. The first kappa shape index (κ1) is 14.6. The highest BCUT2D eigenvalue weighted by molar-refractivity contribution is 7.89. The van der Waals surface area contributed by atoms with Crippen molar-refractivity contribution in [3.63, 3.8) is 0 Å². The van der Waals surface area contributed by atoms with Crippen LogP contribution in [0.5, 0.6) is 0 Å². The number of rotatable bonds is 6. The Hall–Kier alpha value is -1.77. The molecule has 7 nitrogen and oxygen atoms in total. The summed E-state index contributed by atoms with van der Waals surface area (Å²) in [4.78, 5) is 4.16. The monoisotopic (exact) mass is 295 g/mol. The molecule has 0 aliphatic rings. The Bertz CT molecular complexity index is 667. The summed E-state index contributed by atoms with van der Waals surface area (Å²) in [7, 11) is -1.76. The average Bonchev–Trinajstić information content (AvgIpc) is 2.92. The summed E-state index contributed by atoms with van der Waals surface area (Å²) in [6.07, 6.45) is 1.34. The summed E-state index contributed by atoms with van der Waals surface area (Å²) in [5.41, 5.74) is 1.62. The minimum absolute atomic E-state index is 0.0814. The standard InChI is InChI=1S/C12H17N5O2S/c1-9-3-4-10(6-13-2)5-11(9)20(18,19)16-7-12-14-8-15-17-12/h3-5,8,13,16H,6-7H2,1-2H3,(H,14,15,17). The van der Waals surface area contributed by atoms with E-state index >= 15 is 0 Å². The van der Waals surface area contributed by atoms with E-state index in [4.69, 9.17) is 0 Å². The van der Waals surface area contributed by atoms with Gasteiger partial charge in [-0.05, 0) is 31.2 Å². The molecule has 0 aliphatic carbocycles. The number of H-pyrrole nitrogens is 1. The van der Waals surface area contributed by atoms with Gasteiger partial charge in [-0.1, -0.05) is 12.1 Å². The number of aromatic amines is 1. The van der Waals surface area contributed by atoms with Crippen molar-refractivity contribution in [2.24, 2.45) is 0 Å². The molecule has 1 heterocycles. The third kappa shape index (κ3) is 3.41. The van der Waals surface area contributed by atoms with Crippen LogP contribution in [-0.4, -0.2) is 30.6 Å². The molecule has 0 saturated heterocycles. The Morgan fingerprint density at radius 3 is 2.75 bits per heavy atom. The Labute approximate surface area is 117 Å². The third-order valence-electron chi connectivity index (χ3n) is 2.82. The molecule has 1 aromatic heterocycles. The minimum Gasteiger partial charge on any atom is -0.316 e. The number of hydrogen-bond donors (Lipinski definition) is 3. The maximum Gasteiger partial charge on any atom is 0.241 e. The molecule has 0 saturated carbocycles. The summed E-state index contributed by atoms with van der Waals surface area (Å²) in [5.74, 6) is 0.470. The highest BCUT2D eigenvalue weighted by atomic mass is 32.2. The molecule has 0 amide bonds. The van der Waals surface area contributed by atoms with E-state index in [1.807, 2.05) is 13.1 Å². The minimum atomic E-state index is -3.57. The first-order valence-electron chi connectivity index (χ1n) is 6.11. The van der Waals surface area contributed by atoms with Gasteiger partial charge in [-0.15, -0.1) is 0 Å². The van der Waals surface area contributed by atoms with Gasteiger partial charge in [-0.2, -0.15) is 5.10 Å². The fraction of sp³-hybridized carbons (Fsp3) is 0.333. The second-order valence-electron chi connectivity index (χ2n) is 4.39. The molecule has 0 spiro atoms. The fourth-order valence-corrected chi connectivity index (χ4v) is 3.09. The van der Waals surface area contributed by atoms with Crippen LogP contribution < -0.4 is 10.0 Å². The number of nitrogens with one attached hydrogen (secondary N) is 3. The SMILES string of the molecule is CNCc1ccc(C)c(S(=O)(=O)NCc2ncn[nH]2)c1. The molecule has 0 aliphatic heterocycles.